The summed E-state index contributed by atoms with van der Waals surface area (Å²) in [6, 6.07) is 10.6. The SMILES string of the molecule is CCN(c1ccc(C(=O)Nc2ccccc2OC)cn1)C1CCS(=O)(=O)C1. The van der Waals surface area contributed by atoms with Crippen molar-refractivity contribution in [2.75, 3.05) is 35.4 Å². The molecule has 2 aromatic rings. The minimum Gasteiger partial charge on any atom is -0.495 e. The number of amides is 1. The van der Waals surface area contributed by atoms with Gasteiger partial charge in [0.25, 0.3) is 5.91 Å². The molecular weight excluding hydrogens is 366 g/mol. The molecular formula is C19H23N3O4S. The first-order chi connectivity index (χ1) is 12.9. The number of hydrogen-bond acceptors (Lipinski definition) is 6. The summed E-state index contributed by atoms with van der Waals surface area (Å²) < 4.78 is 28.7. The molecule has 1 aliphatic heterocycles. The van der Waals surface area contributed by atoms with E-state index in [0.29, 0.717) is 35.8 Å². The number of ether oxygens (including phenoxy) is 1. The topological polar surface area (TPSA) is 88.6 Å². The van der Waals surface area contributed by atoms with Crippen LogP contribution in [-0.4, -0.2) is 50.5 Å². The van der Waals surface area contributed by atoms with Crippen molar-refractivity contribution in [3.8, 4) is 5.75 Å². The molecule has 1 amide bonds. The van der Waals surface area contributed by atoms with Gasteiger partial charge in [0.05, 0.1) is 29.9 Å². The molecule has 1 atom stereocenters. The molecule has 0 radical (unpaired) electrons. The lowest BCUT2D eigenvalue weighted by atomic mass is 10.2. The Hall–Kier alpha value is -2.61. The lowest BCUT2D eigenvalue weighted by Crippen LogP contribution is -2.36. The van der Waals surface area contributed by atoms with E-state index in [0.717, 1.165) is 0 Å². The summed E-state index contributed by atoms with van der Waals surface area (Å²) in [6.45, 7) is 2.62. The standard InChI is InChI=1S/C19H23N3O4S/c1-3-22(15-10-11-27(24,25)13-15)18-9-8-14(12-20-18)19(23)21-16-6-4-5-7-17(16)26-2/h4-9,12,15H,3,10-11,13H2,1-2H3,(H,21,23). The number of carbonyl (C=O) groups excluding carboxylic acids is 1. The second kappa shape index (κ2) is 7.96. The summed E-state index contributed by atoms with van der Waals surface area (Å²) >= 11 is 0. The smallest absolute Gasteiger partial charge is 0.257 e. The molecule has 0 spiro atoms. The Balaban J connectivity index is 1.73. The highest BCUT2D eigenvalue weighted by Crippen LogP contribution is 2.25. The van der Waals surface area contributed by atoms with Gasteiger partial charge in [-0.3, -0.25) is 4.79 Å². The molecule has 1 saturated heterocycles. The quantitative estimate of drug-likeness (QED) is 0.816. The molecule has 1 unspecified atom stereocenters. The van der Waals surface area contributed by atoms with E-state index in [4.69, 9.17) is 4.74 Å². The first kappa shape index (κ1) is 19.2. The molecule has 0 aliphatic carbocycles. The van der Waals surface area contributed by atoms with Crippen LogP contribution in [0.2, 0.25) is 0 Å². The molecule has 3 rings (SSSR count). The average molecular weight is 389 g/mol. The van der Waals surface area contributed by atoms with Gasteiger partial charge in [-0.2, -0.15) is 0 Å². The zero-order chi connectivity index (χ0) is 19.4. The van der Waals surface area contributed by atoms with Crippen LogP contribution in [0.5, 0.6) is 5.75 Å². The lowest BCUT2D eigenvalue weighted by molar-refractivity contribution is 0.102. The number of aromatic nitrogens is 1. The number of carbonyl (C=O) groups is 1. The van der Waals surface area contributed by atoms with Crippen LogP contribution in [0.3, 0.4) is 0 Å². The zero-order valence-corrected chi connectivity index (χ0v) is 16.2. The third-order valence-electron chi connectivity index (χ3n) is 4.65. The van der Waals surface area contributed by atoms with Gasteiger partial charge in [-0.05, 0) is 37.6 Å². The number of nitrogens with one attached hydrogen (secondary N) is 1. The monoisotopic (exact) mass is 389 g/mol. The van der Waals surface area contributed by atoms with Gasteiger partial charge in [0.15, 0.2) is 9.84 Å². The largest absolute Gasteiger partial charge is 0.495 e. The Kier molecular flexibility index (Phi) is 5.65. The molecule has 27 heavy (non-hydrogen) atoms. The minimum absolute atomic E-state index is 0.0687. The molecule has 2 heterocycles. The van der Waals surface area contributed by atoms with Gasteiger partial charge in [-0.1, -0.05) is 12.1 Å². The number of sulfone groups is 1. The number of benzene rings is 1. The maximum absolute atomic E-state index is 12.5. The van der Waals surface area contributed by atoms with Gasteiger partial charge >= 0.3 is 0 Å². The highest BCUT2D eigenvalue weighted by molar-refractivity contribution is 7.91. The highest BCUT2D eigenvalue weighted by atomic mass is 32.2. The number of para-hydroxylation sites is 2. The first-order valence-corrected chi connectivity index (χ1v) is 10.6. The number of pyridine rings is 1. The molecule has 144 valence electrons. The van der Waals surface area contributed by atoms with Gasteiger partial charge in [0.1, 0.15) is 11.6 Å². The average Bonchev–Trinajstić information content (AvgIpc) is 3.03. The molecule has 1 aromatic carbocycles. The van der Waals surface area contributed by atoms with Crippen molar-refractivity contribution in [3.63, 3.8) is 0 Å². The lowest BCUT2D eigenvalue weighted by Gasteiger charge is -2.28. The second-order valence-corrected chi connectivity index (χ2v) is 8.63. The van der Waals surface area contributed by atoms with Crippen molar-refractivity contribution in [1.82, 2.24) is 4.98 Å². The second-order valence-electron chi connectivity index (χ2n) is 6.40. The molecule has 0 saturated carbocycles. The van der Waals surface area contributed by atoms with E-state index >= 15 is 0 Å². The van der Waals surface area contributed by atoms with E-state index in [1.807, 2.05) is 24.0 Å². The zero-order valence-electron chi connectivity index (χ0n) is 15.4. The van der Waals surface area contributed by atoms with Crippen molar-refractivity contribution in [2.24, 2.45) is 0 Å². The van der Waals surface area contributed by atoms with Crippen molar-refractivity contribution in [1.29, 1.82) is 0 Å². The molecule has 1 aromatic heterocycles. The molecule has 1 aliphatic rings. The van der Waals surface area contributed by atoms with Crippen LogP contribution in [0.1, 0.15) is 23.7 Å². The summed E-state index contributed by atoms with van der Waals surface area (Å²) in [6.07, 6.45) is 2.11. The van der Waals surface area contributed by atoms with E-state index < -0.39 is 9.84 Å². The van der Waals surface area contributed by atoms with E-state index in [2.05, 4.69) is 10.3 Å². The third kappa shape index (κ3) is 4.39. The maximum Gasteiger partial charge on any atom is 0.257 e. The normalized spacial score (nSPS) is 18.1. The van der Waals surface area contributed by atoms with Crippen LogP contribution in [0.15, 0.2) is 42.6 Å². The fraction of sp³-hybridized carbons (Fsp3) is 0.368. The van der Waals surface area contributed by atoms with Crippen molar-refractivity contribution in [3.05, 3.63) is 48.2 Å². The summed E-state index contributed by atoms with van der Waals surface area (Å²) in [5.41, 5.74) is 1.00. The van der Waals surface area contributed by atoms with Crippen LogP contribution < -0.4 is 15.0 Å². The molecule has 0 bridgehead atoms. The van der Waals surface area contributed by atoms with E-state index in [-0.39, 0.29) is 23.5 Å². The highest BCUT2D eigenvalue weighted by Gasteiger charge is 2.32. The summed E-state index contributed by atoms with van der Waals surface area (Å²) in [7, 11) is -1.42. The van der Waals surface area contributed by atoms with Crippen LogP contribution in [-0.2, 0) is 9.84 Å². The van der Waals surface area contributed by atoms with Crippen molar-refractivity contribution in [2.45, 2.75) is 19.4 Å². The Labute approximate surface area is 159 Å². The Morgan fingerprint density at radius 2 is 2.07 bits per heavy atom. The van der Waals surface area contributed by atoms with Crippen LogP contribution >= 0.6 is 0 Å². The van der Waals surface area contributed by atoms with Gasteiger partial charge in [-0.25, -0.2) is 13.4 Å². The van der Waals surface area contributed by atoms with E-state index in [9.17, 15) is 13.2 Å². The summed E-state index contributed by atoms with van der Waals surface area (Å²) in [4.78, 5) is 18.8. The van der Waals surface area contributed by atoms with Gasteiger partial charge in [0.2, 0.25) is 0 Å². The fourth-order valence-corrected chi connectivity index (χ4v) is 4.99. The minimum atomic E-state index is -2.97. The number of rotatable bonds is 6. The van der Waals surface area contributed by atoms with Crippen molar-refractivity contribution >= 4 is 27.2 Å². The molecule has 1 fully saturated rings. The Morgan fingerprint density at radius 3 is 2.67 bits per heavy atom. The number of hydrogen-bond donors (Lipinski definition) is 1. The molecule has 1 N–H and O–H groups in total. The van der Waals surface area contributed by atoms with E-state index in [1.165, 1.54) is 6.20 Å². The van der Waals surface area contributed by atoms with Gasteiger partial charge in [-0.15, -0.1) is 0 Å². The predicted molar refractivity (Wildman–Crippen MR) is 105 cm³/mol. The molecule has 7 nitrogen and oxygen atoms in total. The van der Waals surface area contributed by atoms with Crippen LogP contribution in [0.25, 0.3) is 0 Å². The number of methoxy groups -OCH3 is 1. The fourth-order valence-electron chi connectivity index (χ4n) is 3.26. The third-order valence-corrected chi connectivity index (χ3v) is 6.40. The van der Waals surface area contributed by atoms with Gasteiger partial charge < -0.3 is 15.0 Å². The Bertz CT molecular complexity index is 913. The summed E-state index contributed by atoms with van der Waals surface area (Å²) in [5, 5.41) is 2.81. The van der Waals surface area contributed by atoms with E-state index in [1.54, 1.807) is 31.4 Å². The number of anilines is 2. The number of nitrogens with zero attached hydrogens (tertiary/aromatic N) is 2. The Morgan fingerprint density at radius 1 is 1.30 bits per heavy atom. The van der Waals surface area contributed by atoms with Crippen molar-refractivity contribution < 1.29 is 17.9 Å². The predicted octanol–water partition coefficient (Wildman–Crippen LogP) is 2.36. The van der Waals surface area contributed by atoms with Crippen LogP contribution in [0.4, 0.5) is 11.5 Å². The first-order valence-electron chi connectivity index (χ1n) is 8.81. The van der Waals surface area contributed by atoms with Gasteiger partial charge in [0, 0.05) is 18.8 Å². The molecule has 8 heteroatoms. The maximum atomic E-state index is 12.5. The van der Waals surface area contributed by atoms with Crippen LogP contribution in [0, 0.1) is 0 Å². The summed E-state index contributed by atoms with van der Waals surface area (Å²) in [5.74, 6) is 1.33.